The second-order valence-electron chi connectivity index (χ2n) is 4.47. The fourth-order valence-electron chi connectivity index (χ4n) is 2.53. The fraction of sp³-hybridized carbons (Fsp3) is 0.833. The molecule has 0 aromatic carbocycles. The zero-order chi connectivity index (χ0) is 10.7. The maximum absolute atomic E-state index is 6.48. The van der Waals surface area contributed by atoms with Gasteiger partial charge in [-0.25, -0.2) is 0 Å². The number of hydrogen-bond donors (Lipinski definition) is 0. The van der Waals surface area contributed by atoms with Gasteiger partial charge in [-0.2, -0.15) is 0 Å². The molecule has 0 saturated carbocycles. The average molecular weight is 212 g/mol. The highest BCUT2D eigenvalue weighted by atomic mass is 28.4. The molecule has 0 amide bonds. The third kappa shape index (κ3) is 2.11. The summed E-state index contributed by atoms with van der Waals surface area (Å²) in [5.74, 6) is 0. The Morgan fingerprint density at radius 1 is 1.36 bits per heavy atom. The van der Waals surface area contributed by atoms with Crippen molar-refractivity contribution in [3.63, 3.8) is 0 Å². The topological polar surface area (TPSA) is 9.23 Å². The van der Waals surface area contributed by atoms with Crippen molar-refractivity contribution in [3.8, 4) is 0 Å². The average Bonchev–Trinajstić information content (AvgIpc) is 2.29. The summed E-state index contributed by atoms with van der Waals surface area (Å²) in [4.78, 5) is 0. The first-order valence-electron chi connectivity index (χ1n) is 5.99. The van der Waals surface area contributed by atoms with Crippen LogP contribution in [0.25, 0.3) is 0 Å². The van der Waals surface area contributed by atoms with Crippen molar-refractivity contribution in [1.29, 1.82) is 0 Å². The van der Waals surface area contributed by atoms with Crippen molar-refractivity contribution in [1.82, 2.24) is 0 Å². The molecule has 1 atom stereocenters. The molecule has 1 nitrogen and oxygen atoms in total. The summed E-state index contributed by atoms with van der Waals surface area (Å²) in [5.41, 5.74) is 0.0243. The van der Waals surface area contributed by atoms with Crippen molar-refractivity contribution in [3.05, 3.63) is 12.7 Å². The van der Waals surface area contributed by atoms with Crippen LogP contribution < -0.4 is 0 Å². The minimum atomic E-state index is -1.38. The van der Waals surface area contributed by atoms with E-state index in [1.165, 1.54) is 31.0 Å². The third-order valence-corrected chi connectivity index (χ3v) is 8.59. The van der Waals surface area contributed by atoms with Crippen LogP contribution in [0.4, 0.5) is 0 Å². The lowest BCUT2D eigenvalue weighted by Gasteiger charge is -2.45. The molecule has 1 fully saturated rings. The third-order valence-electron chi connectivity index (χ3n) is 3.91. The van der Waals surface area contributed by atoms with Gasteiger partial charge >= 0.3 is 0 Å². The van der Waals surface area contributed by atoms with Gasteiger partial charge in [0.1, 0.15) is 0 Å². The van der Waals surface area contributed by atoms with Gasteiger partial charge in [0.25, 0.3) is 0 Å². The molecule has 0 spiro atoms. The van der Waals surface area contributed by atoms with Crippen LogP contribution in [0.3, 0.4) is 0 Å². The van der Waals surface area contributed by atoms with E-state index in [0.29, 0.717) is 0 Å². The van der Waals surface area contributed by atoms with E-state index in [0.717, 1.165) is 6.42 Å². The van der Waals surface area contributed by atoms with Crippen LogP contribution in [0.2, 0.25) is 18.1 Å². The van der Waals surface area contributed by atoms with Crippen molar-refractivity contribution < 1.29 is 4.43 Å². The van der Waals surface area contributed by atoms with E-state index in [1.54, 1.807) is 0 Å². The first kappa shape index (κ1) is 12.0. The Morgan fingerprint density at radius 2 is 2.00 bits per heavy atom. The van der Waals surface area contributed by atoms with E-state index in [9.17, 15) is 0 Å². The van der Waals surface area contributed by atoms with E-state index in [-0.39, 0.29) is 5.60 Å². The molecule has 0 aromatic heterocycles. The zero-order valence-electron chi connectivity index (χ0n) is 9.94. The maximum Gasteiger partial charge on any atom is 0.193 e. The first-order valence-corrected chi connectivity index (χ1v) is 8.52. The molecule has 1 saturated heterocycles. The SMILES string of the molecule is C=CC1(CC)CCC[Si](CC)(CC)O1. The first-order chi connectivity index (χ1) is 6.66. The lowest BCUT2D eigenvalue weighted by Crippen LogP contribution is -2.50. The molecule has 0 aromatic rings. The summed E-state index contributed by atoms with van der Waals surface area (Å²) in [5, 5.41) is 0. The van der Waals surface area contributed by atoms with Crippen LogP contribution in [-0.4, -0.2) is 13.9 Å². The Balaban J connectivity index is 2.80. The van der Waals surface area contributed by atoms with E-state index in [4.69, 9.17) is 4.43 Å². The summed E-state index contributed by atoms with van der Waals surface area (Å²) in [6, 6.07) is 3.88. The molecule has 0 radical (unpaired) electrons. The molecule has 0 bridgehead atoms. The Bertz CT molecular complexity index is 198. The van der Waals surface area contributed by atoms with Crippen LogP contribution in [0.15, 0.2) is 12.7 Å². The molecule has 1 heterocycles. The summed E-state index contributed by atoms with van der Waals surface area (Å²) in [6.07, 6.45) is 5.67. The number of rotatable bonds is 4. The minimum Gasteiger partial charge on any atom is -0.408 e. The Morgan fingerprint density at radius 3 is 2.43 bits per heavy atom. The minimum absolute atomic E-state index is 0.0243. The van der Waals surface area contributed by atoms with Crippen molar-refractivity contribution in [2.45, 2.75) is 63.8 Å². The van der Waals surface area contributed by atoms with Crippen molar-refractivity contribution in [2.24, 2.45) is 0 Å². The lowest BCUT2D eigenvalue weighted by molar-refractivity contribution is 0.0747. The molecular formula is C12H24OSi. The van der Waals surface area contributed by atoms with Gasteiger partial charge in [-0.3, -0.25) is 0 Å². The highest BCUT2D eigenvalue weighted by Gasteiger charge is 2.42. The molecule has 82 valence electrons. The quantitative estimate of drug-likeness (QED) is 0.503. The Hall–Kier alpha value is -0.0831. The Kier molecular flexibility index (Phi) is 3.96. The van der Waals surface area contributed by atoms with Crippen molar-refractivity contribution in [2.75, 3.05) is 0 Å². The van der Waals surface area contributed by atoms with Gasteiger partial charge < -0.3 is 4.43 Å². The van der Waals surface area contributed by atoms with Crippen molar-refractivity contribution >= 4 is 8.32 Å². The van der Waals surface area contributed by atoms with Crippen LogP contribution in [-0.2, 0) is 4.43 Å². The highest BCUT2D eigenvalue weighted by Crippen LogP contribution is 2.40. The van der Waals surface area contributed by atoms with E-state index >= 15 is 0 Å². The van der Waals surface area contributed by atoms with Gasteiger partial charge in [-0.1, -0.05) is 33.3 Å². The predicted octanol–water partition coefficient (Wildman–Crippen LogP) is 4.12. The molecule has 1 aliphatic heterocycles. The number of hydrogen-bond acceptors (Lipinski definition) is 1. The fourth-order valence-corrected chi connectivity index (χ4v) is 6.14. The summed E-state index contributed by atoms with van der Waals surface area (Å²) < 4.78 is 6.48. The van der Waals surface area contributed by atoms with E-state index in [2.05, 4.69) is 33.4 Å². The molecule has 1 rings (SSSR count). The zero-order valence-corrected chi connectivity index (χ0v) is 10.9. The molecule has 0 N–H and O–H groups in total. The summed E-state index contributed by atoms with van der Waals surface area (Å²) in [7, 11) is -1.38. The molecule has 2 heteroatoms. The van der Waals surface area contributed by atoms with Gasteiger partial charge in [-0.05, 0) is 31.0 Å². The standard InChI is InChI=1S/C12H24OSi/c1-5-12(6-2)10-9-11-14(7-3,8-4)13-12/h5H,1,6-11H2,2-4H3. The van der Waals surface area contributed by atoms with Gasteiger partial charge in [0.2, 0.25) is 0 Å². The lowest BCUT2D eigenvalue weighted by atomic mass is 9.95. The second-order valence-corrected chi connectivity index (χ2v) is 8.95. The van der Waals surface area contributed by atoms with Crippen LogP contribution in [0, 0.1) is 0 Å². The van der Waals surface area contributed by atoms with Gasteiger partial charge in [0.15, 0.2) is 8.32 Å². The van der Waals surface area contributed by atoms with Gasteiger partial charge in [-0.15, -0.1) is 6.58 Å². The normalized spacial score (nSPS) is 31.4. The molecule has 1 aliphatic rings. The molecular weight excluding hydrogens is 188 g/mol. The maximum atomic E-state index is 6.48. The van der Waals surface area contributed by atoms with E-state index < -0.39 is 8.32 Å². The highest BCUT2D eigenvalue weighted by molar-refractivity contribution is 6.73. The summed E-state index contributed by atoms with van der Waals surface area (Å²) in [6.45, 7) is 10.8. The Labute approximate surface area is 89.7 Å². The smallest absolute Gasteiger partial charge is 0.193 e. The molecule has 1 unspecified atom stereocenters. The van der Waals surface area contributed by atoms with Crippen LogP contribution in [0.1, 0.15) is 40.0 Å². The van der Waals surface area contributed by atoms with Gasteiger partial charge in [0.05, 0.1) is 5.60 Å². The second kappa shape index (κ2) is 4.62. The van der Waals surface area contributed by atoms with Crippen LogP contribution >= 0.6 is 0 Å². The molecule has 14 heavy (non-hydrogen) atoms. The molecule has 0 aliphatic carbocycles. The monoisotopic (exact) mass is 212 g/mol. The van der Waals surface area contributed by atoms with E-state index in [1.807, 2.05) is 0 Å². The van der Waals surface area contributed by atoms with Gasteiger partial charge in [0, 0.05) is 0 Å². The predicted molar refractivity (Wildman–Crippen MR) is 65.1 cm³/mol. The summed E-state index contributed by atoms with van der Waals surface area (Å²) >= 11 is 0. The largest absolute Gasteiger partial charge is 0.408 e. The van der Waals surface area contributed by atoms with Crippen LogP contribution in [0.5, 0.6) is 0 Å².